The van der Waals surface area contributed by atoms with Gasteiger partial charge in [0.1, 0.15) is 5.82 Å². The van der Waals surface area contributed by atoms with Crippen LogP contribution in [0, 0.1) is 10.1 Å². The molecule has 0 spiro atoms. The van der Waals surface area contributed by atoms with Crippen molar-refractivity contribution in [2.45, 2.75) is 32.4 Å². The molecule has 1 atom stereocenters. The monoisotopic (exact) mass is 209 g/mol. The third kappa shape index (κ3) is 2.65. The standard InChI is InChI=1S/C10H15N3O2/c1-8(10(2,3)13(14)15)12-9-6-4-5-7-11-9/h4-8H,1-3H3,(H,11,12). The SMILES string of the molecule is CC(Nc1ccccn1)C(C)(C)[N+](=O)[O-]. The van der Waals surface area contributed by atoms with Crippen molar-refractivity contribution < 1.29 is 4.92 Å². The van der Waals surface area contributed by atoms with Gasteiger partial charge in [0.25, 0.3) is 0 Å². The number of aromatic nitrogens is 1. The molecule has 1 aromatic rings. The third-order valence-electron chi connectivity index (χ3n) is 2.56. The van der Waals surface area contributed by atoms with Gasteiger partial charge < -0.3 is 5.32 Å². The smallest absolute Gasteiger partial charge is 0.236 e. The predicted octanol–water partition coefficient (Wildman–Crippen LogP) is 1.94. The van der Waals surface area contributed by atoms with Crippen molar-refractivity contribution in [1.82, 2.24) is 4.98 Å². The Morgan fingerprint density at radius 2 is 2.20 bits per heavy atom. The van der Waals surface area contributed by atoms with E-state index in [0.717, 1.165) is 0 Å². The van der Waals surface area contributed by atoms with Crippen molar-refractivity contribution in [3.8, 4) is 0 Å². The van der Waals surface area contributed by atoms with Crippen LogP contribution in [0.25, 0.3) is 0 Å². The van der Waals surface area contributed by atoms with Crippen LogP contribution in [0.3, 0.4) is 0 Å². The molecule has 1 unspecified atom stereocenters. The lowest BCUT2D eigenvalue weighted by Gasteiger charge is -2.24. The summed E-state index contributed by atoms with van der Waals surface area (Å²) in [7, 11) is 0. The van der Waals surface area contributed by atoms with E-state index < -0.39 is 5.54 Å². The van der Waals surface area contributed by atoms with Gasteiger partial charge in [0.05, 0.1) is 6.04 Å². The maximum absolute atomic E-state index is 10.8. The fourth-order valence-corrected chi connectivity index (χ4v) is 1.00. The van der Waals surface area contributed by atoms with Crippen molar-refractivity contribution in [2.24, 2.45) is 0 Å². The van der Waals surface area contributed by atoms with Gasteiger partial charge in [-0.15, -0.1) is 0 Å². The largest absolute Gasteiger partial charge is 0.360 e. The molecule has 1 heterocycles. The minimum atomic E-state index is -1.02. The number of nitrogens with zero attached hydrogens (tertiary/aromatic N) is 2. The molecule has 0 amide bonds. The van der Waals surface area contributed by atoms with Crippen molar-refractivity contribution in [1.29, 1.82) is 0 Å². The van der Waals surface area contributed by atoms with Crippen LogP contribution in [0.4, 0.5) is 5.82 Å². The Morgan fingerprint density at radius 3 is 2.67 bits per heavy atom. The molecule has 0 aromatic carbocycles. The van der Waals surface area contributed by atoms with Gasteiger partial charge in [-0.05, 0) is 19.1 Å². The molecule has 5 nitrogen and oxygen atoms in total. The summed E-state index contributed by atoms with van der Waals surface area (Å²) in [5, 5.41) is 13.8. The first-order chi connectivity index (χ1) is 6.94. The van der Waals surface area contributed by atoms with E-state index in [0.29, 0.717) is 5.82 Å². The van der Waals surface area contributed by atoms with Gasteiger partial charge in [0.15, 0.2) is 0 Å². The van der Waals surface area contributed by atoms with Gasteiger partial charge in [0.2, 0.25) is 5.54 Å². The number of pyridine rings is 1. The Morgan fingerprint density at radius 1 is 1.53 bits per heavy atom. The lowest BCUT2D eigenvalue weighted by Crippen LogP contribution is -2.46. The molecule has 15 heavy (non-hydrogen) atoms. The molecule has 1 N–H and O–H groups in total. The highest BCUT2D eigenvalue weighted by molar-refractivity contribution is 5.35. The van der Waals surface area contributed by atoms with E-state index in [9.17, 15) is 10.1 Å². The lowest BCUT2D eigenvalue weighted by atomic mass is 9.97. The van der Waals surface area contributed by atoms with Crippen molar-refractivity contribution >= 4 is 5.82 Å². The molecule has 0 saturated carbocycles. The van der Waals surface area contributed by atoms with E-state index in [2.05, 4.69) is 10.3 Å². The maximum Gasteiger partial charge on any atom is 0.236 e. The summed E-state index contributed by atoms with van der Waals surface area (Å²) in [5.74, 6) is 0.653. The average molecular weight is 209 g/mol. The molecule has 0 aliphatic carbocycles. The summed E-state index contributed by atoms with van der Waals surface area (Å²) in [6.45, 7) is 4.96. The molecule has 0 aliphatic heterocycles. The van der Waals surface area contributed by atoms with Crippen LogP contribution < -0.4 is 5.32 Å². The van der Waals surface area contributed by atoms with E-state index in [-0.39, 0.29) is 11.0 Å². The molecule has 0 radical (unpaired) electrons. The Balaban J connectivity index is 2.72. The summed E-state index contributed by atoms with van der Waals surface area (Å²) < 4.78 is 0. The lowest BCUT2D eigenvalue weighted by molar-refractivity contribution is -0.562. The first kappa shape index (κ1) is 11.4. The zero-order chi connectivity index (χ0) is 11.5. The Labute approximate surface area is 88.7 Å². The number of hydrogen-bond acceptors (Lipinski definition) is 4. The van der Waals surface area contributed by atoms with Crippen LogP contribution in [0.5, 0.6) is 0 Å². The maximum atomic E-state index is 10.8. The van der Waals surface area contributed by atoms with Crippen LogP contribution in [0.1, 0.15) is 20.8 Å². The number of rotatable bonds is 4. The van der Waals surface area contributed by atoms with Crippen LogP contribution in [-0.4, -0.2) is 21.5 Å². The van der Waals surface area contributed by atoms with E-state index >= 15 is 0 Å². The van der Waals surface area contributed by atoms with E-state index in [1.807, 2.05) is 6.07 Å². The number of nitrogens with one attached hydrogen (secondary N) is 1. The highest BCUT2D eigenvalue weighted by Crippen LogP contribution is 2.17. The molecule has 0 bridgehead atoms. The highest BCUT2D eigenvalue weighted by atomic mass is 16.6. The molecule has 5 heteroatoms. The fraction of sp³-hybridized carbons (Fsp3) is 0.500. The van der Waals surface area contributed by atoms with E-state index in [1.54, 1.807) is 39.1 Å². The normalized spacial score (nSPS) is 13.3. The first-order valence-electron chi connectivity index (χ1n) is 4.76. The second-order valence-electron chi connectivity index (χ2n) is 3.99. The van der Waals surface area contributed by atoms with Gasteiger partial charge in [-0.2, -0.15) is 0 Å². The van der Waals surface area contributed by atoms with Gasteiger partial charge in [-0.1, -0.05) is 6.07 Å². The first-order valence-corrected chi connectivity index (χ1v) is 4.76. The Hall–Kier alpha value is -1.65. The summed E-state index contributed by atoms with van der Waals surface area (Å²) in [5.41, 5.74) is -1.02. The summed E-state index contributed by atoms with van der Waals surface area (Å²) in [6, 6.07) is 5.13. The van der Waals surface area contributed by atoms with Crippen molar-refractivity contribution in [3.63, 3.8) is 0 Å². The molecule has 0 aliphatic rings. The molecular weight excluding hydrogens is 194 g/mol. The Kier molecular flexibility index (Phi) is 3.24. The molecule has 1 aromatic heterocycles. The second-order valence-corrected chi connectivity index (χ2v) is 3.99. The molecule has 82 valence electrons. The minimum absolute atomic E-state index is 0.284. The molecule has 0 saturated heterocycles. The Bertz CT molecular complexity index is 338. The van der Waals surface area contributed by atoms with Crippen molar-refractivity contribution in [3.05, 3.63) is 34.5 Å². The third-order valence-corrected chi connectivity index (χ3v) is 2.56. The summed E-state index contributed by atoms with van der Waals surface area (Å²) >= 11 is 0. The second kappa shape index (κ2) is 4.25. The molecule has 0 fully saturated rings. The number of hydrogen-bond donors (Lipinski definition) is 1. The molecular formula is C10H15N3O2. The van der Waals surface area contributed by atoms with Crippen molar-refractivity contribution in [2.75, 3.05) is 5.32 Å². The molecule has 1 rings (SSSR count). The zero-order valence-electron chi connectivity index (χ0n) is 9.10. The van der Waals surface area contributed by atoms with Gasteiger partial charge in [-0.3, -0.25) is 10.1 Å². The van der Waals surface area contributed by atoms with Gasteiger partial charge in [0, 0.05) is 25.0 Å². The fourth-order valence-electron chi connectivity index (χ4n) is 1.00. The predicted molar refractivity (Wildman–Crippen MR) is 58.4 cm³/mol. The topological polar surface area (TPSA) is 68.1 Å². The minimum Gasteiger partial charge on any atom is -0.360 e. The van der Waals surface area contributed by atoms with Crippen LogP contribution in [0.2, 0.25) is 0 Å². The van der Waals surface area contributed by atoms with E-state index in [1.165, 1.54) is 0 Å². The van der Waals surface area contributed by atoms with E-state index in [4.69, 9.17) is 0 Å². The quantitative estimate of drug-likeness (QED) is 0.607. The van der Waals surface area contributed by atoms with Gasteiger partial charge >= 0.3 is 0 Å². The highest BCUT2D eigenvalue weighted by Gasteiger charge is 2.37. The van der Waals surface area contributed by atoms with Crippen LogP contribution in [-0.2, 0) is 0 Å². The van der Waals surface area contributed by atoms with Crippen LogP contribution in [0.15, 0.2) is 24.4 Å². The number of anilines is 1. The number of nitro groups is 1. The van der Waals surface area contributed by atoms with Gasteiger partial charge in [-0.25, -0.2) is 4.98 Å². The zero-order valence-corrected chi connectivity index (χ0v) is 9.10. The summed E-state index contributed by atoms with van der Waals surface area (Å²) in [4.78, 5) is 14.6. The average Bonchev–Trinajstić information content (AvgIpc) is 2.18. The van der Waals surface area contributed by atoms with Crippen LogP contribution >= 0.6 is 0 Å². The summed E-state index contributed by atoms with van der Waals surface area (Å²) in [6.07, 6.45) is 1.65.